The summed E-state index contributed by atoms with van der Waals surface area (Å²) in [5, 5.41) is 0.663. The molecule has 0 saturated heterocycles. The monoisotopic (exact) mass is 396 g/mol. The minimum atomic E-state index is -4.50. The lowest BCUT2D eigenvalue weighted by Crippen LogP contribution is -2.09. The second-order valence-electron chi connectivity index (χ2n) is 5.25. The normalized spacial score (nSPS) is 11.9. The van der Waals surface area contributed by atoms with Gasteiger partial charge in [0.05, 0.1) is 22.6 Å². The van der Waals surface area contributed by atoms with Crippen LogP contribution in [0.4, 0.5) is 24.5 Å². The Labute approximate surface area is 143 Å². The van der Waals surface area contributed by atoms with Gasteiger partial charge in [0.1, 0.15) is 5.69 Å². The SMILES string of the molecule is Cc1nc(C(F)(F)F)ccc1-c1nc2cccc(Br)c2c(N)c1N. The number of pyridine rings is 2. The molecule has 124 valence electrons. The molecule has 0 fully saturated rings. The third kappa shape index (κ3) is 2.66. The summed E-state index contributed by atoms with van der Waals surface area (Å²) >= 11 is 3.40. The second kappa shape index (κ2) is 5.62. The van der Waals surface area contributed by atoms with E-state index in [1.807, 2.05) is 6.07 Å². The van der Waals surface area contributed by atoms with Gasteiger partial charge in [0.15, 0.2) is 0 Å². The van der Waals surface area contributed by atoms with Gasteiger partial charge in [-0.1, -0.05) is 22.0 Å². The summed E-state index contributed by atoms with van der Waals surface area (Å²) in [6.45, 7) is 1.48. The van der Waals surface area contributed by atoms with Crippen molar-refractivity contribution in [2.24, 2.45) is 0 Å². The Kier molecular flexibility index (Phi) is 3.87. The third-order valence-corrected chi connectivity index (χ3v) is 4.33. The van der Waals surface area contributed by atoms with Crippen molar-refractivity contribution >= 4 is 38.2 Å². The summed E-state index contributed by atoms with van der Waals surface area (Å²) in [5.41, 5.74) is 13.3. The van der Waals surface area contributed by atoms with Gasteiger partial charge in [-0.15, -0.1) is 0 Å². The number of hydrogen-bond acceptors (Lipinski definition) is 4. The highest BCUT2D eigenvalue weighted by atomic mass is 79.9. The van der Waals surface area contributed by atoms with Gasteiger partial charge in [-0.3, -0.25) is 0 Å². The number of nitrogens with two attached hydrogens (primary N) is 2. The lowest BCUT2D eigenvalue weighted by molar-refractivity contribution is -0.141. The molecule has 0 bridgehead atoms. The average molecular weight is 397 g/mol. The van der Waals surface area contributed by atoms with Crippen LogP contribution in [0, 0.1) is 6.92 Å². The van der Waals surface area contributed by atoms with Gasteiger partial charge in [-0.25, -0.2) is 9.97 Å². The van der Waals surface area contributed by atoms with E-state index in [1.165, 1.54) is 13.0 Å². The molecular weight excluding hydrogens is 385 g/mol. The van der Waals surface area contributed by atoms with Crippen molar-refractivity contribution in [2.45, 2.75) is 13.1 Å². The van der Waals surface area contributed by atoms with Crippen LogP contribution in [0.5, 0.6) is 0 Å². The summed E-state index contributed by atoms with van der Waals surface area (Å²) in [6.07, 6.45) is -4.50. The molecule has 4 nitrogen and oxygen atoms in total. The van der Waals surface area contributed by atoms with Crippen LogP contribution in [-0.2, 0) is 6.18 Å². The Morgan fingerprint density at radius 1 is 1.00 bits per heavy atom. The Morgan fingerprint density at radius 3 is 2.33 bits per heavy atom. The Bertz CT molecular complexity index is 954. The molecule has 0 amide bonds. The van der Waals surface area contributed by atoms with Gasteiger partial charge >= 0.3 is 6.18 Å². The molecule has 0 aliphatic heterocycles. The minimum Gasteiger partial charge on any atom is -0.396 e. The molecule has 0 unspecified atom stereocenters. The third-order valence-electron chi connectivity index (χ3n) is 3.67. The van der Waals surface area contributed by atoms with Gasteiger partial charge in [-0.05, 0) is 31.2 Å². The molecule has 0 saturated carbocycles. The average Bonchev–Trinajstić information content (AvgIpc) is 2.50. The number of aryl methyl sites for hydroxylation is 1. The van der Waals surface area contributed by atoms with Gasteiger partial charge in [0.2, 0.25) is 0 Å². The molecule has 1 aromatic carbocycles. The van der Waals surface area contributed by atoms with Gasteiger partial charge in [0.25, 0.3) is 0 Å². The zero-order chi connectivity index (χ0) is 17.6. The van der Waals surface area contributed by atoms with Crippen LogP contribution in [0.1, 0.15) is 11.4 Å². The smallest absolute Gasteiger partial charge is 0.396 e. The molecular formula is C16H12BrF3N4. The van der Waals surface area contributed by atoms with Crippen molar-refractivity contribution in [3.8, 4) is 11.3 Å². The number of aromatic nitrogens is 2. The summed E-state index contributed by atoms with van der Waals surface area (Å²) in [7, 11) is 0. The topological polar surface area (TPSA) is 77.8 Å². The first-order valence-corrected chi connectivity index (χ1v) is 7.68. The van der Waals surface area contributed by atoms with E-state index in [0.29, 0.717) is 27.8 Å². The van der Waals surface area contributed by atoms with E-state index in [0.717, 1.165) is 10.5 Å². The minimum absolute atomic E-state index is 0.178. The van der Waals surface area contributed by atoms with E-state index in [-0.39, 0.29) is 11.4 Å². The van der Waals surface area contributed by atoms with Gasteiger partial charge in [0, 0.05) is 21.1 Å². The number of anilines is 2. The van der Waals surface area contributed by atoms with Crippen LogP contribution in [0.25, 0.3) is 22.2 Å². The number of nitrogens with zero attached hydrogens (tertiary/aromatic N) is 2. The van der Waals surface area contributed by atoms with E-state index >= 15 is 0 Å². The van der Waals surface area contributed by atoms with Crippen molar-refractivity contribution in [2.75, 3.05) is 11.5 Å². The van der Waals surface area contributed by atoms with Crippen molar-refractivity contribution < 1.29 is 13.2 Å². The molecule has 0 radical (unpaired) electrons. The molecule has 0 aliphatic rings. The first kappa shape index (κ1) is 16.5. The number of alkyl halides is 3. The van der Waals surface area contributed by atoms with E-state index in [2.05, 4.69) is 25.9 Å². The Hall–Kier alpha value is -2.35. The molecule has 24 heavy (non-hydrogen) atoms. The van der Waals surface area contributed by atoms with Crippen LogP contribution in [0.2, 0.25) is 0 Å². The quantitative estimate of drug-likeness (QED) is 0.632. The van der Waals surface area contributed by atoms with Crippen molar-refractivity contribution in [3.05, 3.63) is 46.2 Å². The summed E-state index contributed by atoms with van der Waals surface area (Å²) < 4.78 is 39.1. The molecule has 0 aliphatic carbocycles. The Balaban J connectivity index is 2.26. The molecule has 3 rings (SSSR count). The fourth-order valence-electron chi connectivity index (χ4n) is 2.49. The maximum atomic E-state index is 12.8. The van der Waals surface area contributed by atoms with Crippen LogP contribution in [0.15, 0.2) is 34.8 Å². The van der Waals surface area contributed by atoms with Crippen LogP contribution < -0.4 is 11.5 Å². The maximum absolute atomic E-state index is 12.8. The number of halogens is 4. The van der Waals surface area contributed by atoms with Crippen LogP contribution in [-0.4, -0.2) is 9.97 Å². The summed E-state index contributed by atoms with van der Waals surface area (Å²) in [4.78, 5) is 8.08. The molecule has 2 aromatic heterocycles. The predicted octanol–water partition coefficient (Wildman–Crippen LogP) is 4.55. The van der Waals surface area contributed by atoms with E-state index < -0.39 is 11.9 Å². The highest BCUT2D eigenvalue weighted by Crippen LogP contribution is 2.38. The largest absolute Gasteiger partial charge is 0.433 e. The summed E-state index contributed by atoms with van der Waals surface area (Å²) in [5.74, 6) is 0. The first-order valence-electron chi connectivity index (χ1n) is 6.88. The number of rotatable bonds is 1. The lowest BCUT2D eigenvalue weighted by Gasteiger charge is -2.14. The fraction of sp³-hybridized carbons (Fsp3) is 0.125. The first-order chi connectivity index (χ1) is 11.2. The molecule has 0 atom stereocenters. The number of fused-ring (bicyclic) bond motifs is 1. The zero-order valence-electron chi connectivity index (χ0n) is 12.4. The predicted molar refractivity (Wildman–Crippen MR) is 91.2 cm³/mol. The maximum Gasteiger partial charge on any atom is 0.433 e. The van der Waals surface area contributed by atoms with E-state index in [4.69, 9.17) is 11.5 Å². The number of nitrogen functional groups attached to an aromatic ring is 2. The molecule has 3 aromatic rings. The van der Waals surface area contributed by atoms with E-state index in [9.17, 15) is 13.2 Å². The highest BCUT2D eigenvalue weighted by molar-refractivity contribution is 9.10. The van der Waals surface area contributed by atoms with Crippen LogP contribution in [0.3, 0.4) is 0 Å². The van der Waals surface area contributed by atoms with Gasteiger partial charge in [-0.2, -0.15) is 13.2 Å². The molecule has 4 N–H and O–H groups in total. The lowest BCUT2D eigenvalue weighted by atomic mass is 10.0. The molecule has 8 heteroatoms. The van der Waals surface area contributed by atoms with Gasteiger partial charge < -0.3 is 11.5 Å². The fourth-order valence-corrected chi connectivity index (χ4v) is 3.06. The van der Waals surface area contributed by atoms with Crippen molar-refractivity contribution in [3.63, 3.8) is 0 Å². The highest BCUT2D eigenvalue weighted by Gasteiger charge is 2.33. The Morgan fingerprint density at radius 2 is 1.71 bits per heavy atom. The number of benzene rings is 1. The second-order valence-corrected chi connectivity index (χ2v) is 6.10. The number of hydrogen-bond donors (Lipinski definition) is 2. The molecule has 0 spiro atoms. The van der Waals surface area contributed by atoms with Crippen LogP contribution >= 0.6 is 15.9 Å². The van der Waals surface area contributed by atoms with E-state index in [1.54, 1.807) is 12.1 Å². The molecule has 2 heterocycles. The summed E-state index contributed by atoms with van der Waals surface area (Å²) in [6, 6.07) is 7.57. The van der Waals surface area contributed by atoms with Crippen molar-refractivity contribution in [1.29, 1.82) is 0 Å². The van der Waals surface area contributed by atoms with Crippen molar-refractivity contribution in [1.82, 2.24) is 9.97 Å². The zero-order valence-corrected chi connectivity index (χ0v) is 14.0. The standard InChI is InChI=1S/C16H12BrF3N4/c1-7-8(5-6-11(23-7)16(18,19)20)15-14(22)13(21)12-9(17)3-2-4-10(12)24-15/h2-6H,22H2,1H3,(H2,21,24).